The van der Waals surface area contributed by atoms with E-state index in [-0.39, 0.29) is 30.0 Å². The number of hydrogen-bond donors (Lipinski definition) is 1. The molecule has 7 heteroatoms. The second kappa shape index (κ2) is 7.93. The van der Waals surface area contributed by atoms with Gasteiger partial charge in [-0.2, -0.15) is 0 Å². The number of piperazine rings is 1. The van der Waals surface area contributed by atoms with Crippen molar-refractivity contribution in [1.29, 1.82) is 0 Å². The monoisotopic (exact) mass is 375 g/mol. The molecule has 0 bridgehead atoms. The van der Waals surface area contributed by atoms with Gasteiger partial charge in [-0.3, -0.25) is 9.59 Å². The normalized spacial score (nSPS) is 19.5. The van der Waals surface area contributed by atoms with Crippen LogP contribution in [0.15, 0.2) is 47.1 Å². The van der Waals surface area contributed by atoms with Gasteiger partial charge in [0.05, 0.1) is 6.26 Å². The van der Waals surface area contributed by atoms with E-state index in [0.29, 0.717) is 26.1 Å². The fraction of sp³-hybridized carbons (Fsp3) is 0.368. The van der Waals surface area contributed by atoms with Gasteiger partial charge in [0, 0.05) is 39.1 Å². The van der Waals surface area contributed by atoms with Gasteiger partial charge in [-0.1, -0.05) is 24.3 Å². The van der Waals surface area contributed by atoms with Gasteiger partial charge >= 0.3 is 0 Å². The summed E-state index contributed by atoms with van der Waals surface area (Å²) < 4.78 is 5.28. The molecule has 6 nitrogen and oxygen atoms in total. The van der Waals surface area contributed by atoms with Gasteiger partial charge in [0.1, 0.15) is 6.04 Å². The lowest BCUT2D eigenvalue weighted by Crippen LogP contribution is -2.57. The van der Waals surface area contributed by atoms with Gasteiger partial charge in [-0.05, 0) is 23.3 Å². The third kappa shape index (κ3) is 3.48. The van der Waals surface area contributed by atoms with Gasteiger partial charge in [-0.25, -0.2) is 0 Å². The minimum Gasteiger partial charge on any atom is -0.459 e. The highest BCUT2D eigenvalue weighted by atomic mass is 35.5. The Hall–Kier alpha value is -2.31. The molecule has 2 aliphatic rings. The largest absolute Gasteiger partial charge is 0.459 e. The van der Waals surface area contributed by atoms with Crippen LogP contribution in [-0.2, 0) is 17.8 Å². The highest BCUT2D eigenvalue weighted by Gasteiger charge is 2.38. The fourth-order valence-electron chi connectivity index (χ4n) is 3.59. The number of rotatable bonds is 2. The van der Waals surface area contributed by atoms with E-state index in [0.717, 1.165) is 24.2 Å². The van der Waals surface area contributed by atoms with Gasteiger partial charge in [0.25, 0.3) is 5.91 Å². The highest BCUT2D eigenvalue weighted by Crippen LogP contribution is 2.26. The number of nitrogens with one attached hydrogen (secondary N) is 1. The minimum absolute atomic E-state index is 0. The second-order valence-electron chi connectivity index (χ2n) is 6.47. The number of fused-ring (bicyclic) bond motifs is 1. The maximum Gasteiger partial charge on any atom is 0.290 e. The van der Waals surface area contributed by atoms with Crippen LogP contribution in [0.2, 0.25) is 0 Å². The molecule has 4 rings (SSSR count). The Labute approximate surface area is 158 Å². The molecule has 26 heavy (non-hydrogen) atoms. The third-order valence-corrected chi connectivity index (χ3v) is 4.96. The predicted octanol–water partition coefficient (Wildman–Crippen LogP) is 1.70. The first-order chi connectivity index (χ1) is 12.2. The van der Waals surface area contributed by atoms with Gasteiger partial charge in [0.15, 0.2) is 5.76 Å². The van der Waals surface area contributed by atoms with Crippen molar-refractivity contribution in [3.63, 3.8) is 0 Å². The van der Waals surface area contributed by atoms with Crippen molar-refractivity contribution in [3.8, 4) is 0 Å². The number of hydrogen-bond acceptors (Lipinski definition) is 4. The molecule has 1 atom stereocenters. The molecule has 1 fully saturated rings. The van der Waals surface area contributed by atoms with Gasteiger partial charge < -0.3 is 19.5 Å². The number of nitrogens with zero attached hydrogens (tertiary/aromatic N) is 2. The zero-order chi connectivity index (χ0) is 17.2. The molecule has 0 spiro atoms. The summed E-state index contributed by atoms with van der Waals surface area (Å²) in [5, 5.41) is 3.26. The molecule has 1 aromatic carbocycles. The van der Waals surface area contributed by atoms with Gasteiger partial charge in [-0.15, -0.1) is 12.4 Å². The zero-order valence-electron chi connectivity index (χ0n) is 14.4. The SMILES string of the molecule is Cl.O=C(C1Cc2ccccc2CN1C(=O)c1ccco1)N1CCNCC1. The number of halogens is 1. The number of carbonyl (C=O) groups is 2. The van der Waals surface area contributed by atoms with Crippen molar-refractivity contribution in [2.24, 2.45) is 0 Å². The van der Waals surface area contributed by atoms with Crippen molar-refractivity contribution < 1.29 is 14.0 Å². The van der Waals surface area contributed by atoms with E-state index < -0.39 is 6.04 Å². The van der Waals surface area contributed by atoms with Crippen LogP contribution in [0.3, 0.4) is 0 Å². The number of amides is 2. The third-order valence-electron chi connectivity index (χ3n) is 4.96. The molecule has 1 aromatic heterocycles. The molecule has 138 valence electrons. The standard InChI is InChI=1S/C19H21N3O3.ClH/c23-18(21-9-7-20-8-10-21)16-12-14-4-1-2-5-15(14)13-22(16)19(24)17-6-3-11-25-17;/h1-6,11,16,20H,7-10,12-13H2;1H. The first-order valence-electron chi connectivity index (χ1n) is 8.65. The molecule has 0 saturated carbocycles. The Kier molecular flexibility index (Phi) is 5.64. The van der Waals surface area contributed by atoms with E-state index in [1.165, 1.54) is 6.26 Å². The molecule has 2 amide bonds. The molecular formula is C19H22ClN3O3. The quantitative estimate of drug-likeness (QED) is 0.867. The van der Waals surface area contributed by atoms with E-state index in [2.05, 4.69) is 5.32 Å². The molecule has 2 aliphatic heterocycles. The van der Waals surface area contributed by atoms with Crippen LogP contribution < -0.4 is 5.32 Å². The Morgan fingerprint density at radius 1 is 1.04 bits per heavy atom. The molecule has 1 unspecified atom stereocenters. The van der Waals surface area contributed by atoms with Crippen molar-refractivity contribution in [3.05, 3.63) is 59.5 Å². The Morgan fingerprint density at radius 2 is 1.77 bits per heavy atom. The van der Waals surface area contributed by atoms with E-state index >= 15 is 0 Å². The maximum atomic E-state index is 13.1. The van der Waals surface area contributed by atoms with E-state index in [1.807, 2.05) is 29.2 Å². The number of carbonyl (C=O) groups excluding carboxylic acids is 2. The van der Waals surface area contributed by atoms with Crippen LogP contribution in [0.5, 0.6) is 0 Å². The number of furan rings is 1. The fourth-order valence-corrected chi connectivity index (χ4v) is 3.59. The van der Waals surface area contributed by atoms with Crippen LogP contribution in [0.4, 0.5) is 0 Å². The lowest BCUT2D eigenvalue weighted by molar-refractivity contribution is -0.137. The van der Waals surface area contributed by atoms with Gasteiger partial charge in [0.2, 0.25) is 5.91 Å². The summed E-state index contributed by atoms with van der Waals surface area (Å²) in [6, 6.07) is 10.9. The summed E-state index contributed by atoms with van der Waals surface area (Å²) in [6.45, 7) is 3.38. The summed E-state index contributed by atoms with van der Waals surface area (Å²) >= 11 is 0. The van der Waals surface area contributed by atoms with Crippen molar-refractivity contribution in [2.75, 3.05) is 26.2 Å². The summed E-state index contributed by atoms with van der Waals surface area (Å²) in [6.07, 6.45) is 2.03. The minimum atomic E-state index is -0.481. The molecule has 2 aromatic rings. The van der Waals surface area contributed by atoms with Crippen molar-refractivity contribution in [1.82, 2.24) is 15.1 Å². The molecule has 1 N–H and O–H groups in total. The molecular weight excluding hydrogens is 354 g/mol. The lowest BCUT2D eigenvalue weighted by Gasteiger charge is -2.39. The zero-order valence-corrected chi connectivity index (χ0v) is 15.2. The predicted molar refractivity (Wildman–Crippen MR) is 99.2 cm³/mol. The smallest absolute Gasteiger partial charge is 0.290 e. The Bertz CT molecular complexity index is 772. The van der Waals surface area contributed by atoms with Crippen molar-refractivity contribution >= 4 is 24.2 Å². The molecule has 3 heterocycles. The van der Waals surface area contributed by atoms with Crippen LogP contribution in [0, 0.1) is 0 Å². The van der Waals surface area contributed by atoms with E-state index in [1.54, 1.807) is 17.0 Å². The molecule has 0 radical (unpaired) electrons. The average Bonchev–Trinajstić information content (AvgIpc) is 3.21. The van der Waals surface area contributed by atoms with Crippen LogP contribution >= 0.6 is 12.4 Å². The van der Waals surface area contributed by atoms with Crippen LogP contribution in [0.1, 0.15) is 21.7 Å². The van der Waals surface area contributed by atoms with E-state index in [9.17, 15) is 9.59 Å². The average molecular weight is 376 g/mol. The maximum absolute atomic E-state index is 13.1. The Morgan fingerprint density at radius 3 is 2.46 bits per heavy atom. The summed E-state index contributed by atoms with van der Waals surface area (Å²) in [7, 11) is 0. The summed E-state index contributed by atoms with van der Waals surface area (Å²) in [5.74, 6) is 0.0707. The Balaban J connectivity index is 0.00000196. The second-order valence-corrected chi connectivity index (χ2v) is 6.47. The van der Waals surface area contributed by atoms with E-state index in [4.69, 9.17) is 4.42 Å². The van der Waals surface area contributed by atoms with Crippen LogP contribution in [0.25, 0.3) is 0 Å². The lowest BCUT2D eigenvalue weighted by atomic mass is 9.92. The first kappa shape index (κ1) is 18.5. The molecule has 0 aliphatic carbocycles. The summed E-state index contributed by atoms with van der Waals surface area (Å²) in [4.78, 5) is 29.6. The van der Waals surface area contributed by atoms with Crippen molar-refractivity contribution in [2.45, 2.75) is 19.0 Å². The van der Waals surface area contributed by atoms with Crippen LogP contribution in [-0.4, -0.2) is 53.8 Å². The first-order valence-corrected chi connectivity index (χ1v) is 8.65. The topological polar surface area (TPSA) is 65.8 Å². The molecule has 1 saturated heterocycles. The highest BCUT2D eigenvalue weighted by molar-refractivity contribution is 5.96. The summed E-state index contributed by atoms with van der Waals surface area (Å²) in [5.41, 5.74) is 2.23. The number of benzene rings is 1.